The number of phenolic OH excluding ortho intramolecular Hbond substituents is 2. The highest BCUT2D eigenvalue weighted by molar-refractivity contribution is 5.86. The molecule has 0 radical (unpaired) electrons. The van der Waals surface area contributed by atoms with E-state index in [0.29, 0.717) is 5.56 Å². The highest BCUT2D eigenvalue weighted by Gasteiger charge is 2.15. The van der Waals surface area contributed by atoms with E-state index in [9.17, 15) is 19.8 Å². The molecule has 0 amide bonds. The zero-order valence-electron chi connectivity index (χ0n) is 11.1. The van der Waals surface area contributed by atoms with E-state index in [0.717, 1.165) is 0 Å². The molecule has 0 aliphatic rings. The lowest BCUT2D eigenvalue weighted by molar-refractivity contribution is -0.139. The van der Waals surface area contributed by atoms with Crippen LogP contribution in [0.4, 0.5) is 0 Å². The molecule has 0 aliphatic carbocycles. The maximum atomic E-state index is 11.7. The second kappa shape index (κ2) is 7.46. The van der Waals surface area contributed by atoms with Crippen LogP contribution < -0.4 is 11.1 Å². The number of rotatable bonds is 7. The molecule has 20 heavy (non-hydrogen) atoms. The van der Waals surface area contributed by atoms with Gasteiger partial charge in [-0.2, -0.15) is 0 Å². The first kappa shape index (κ1) is 15.9. The largest absolute Gasteiger partial charge is 0.504 e. The molecular formula is C13H18N2O5. The molecule has 1 aromatic carbocycles. The Morgan fingerprint density at radius 2 is 2.00 bits per heavy atom. The summed E-state index contributed by atoms with van der Waals surface area (Å²) >= 11 is 0. The molecule has 7 nitrogen and oxygen atoms in total. The summed E-state index contributed by atoms with van der Waals surface area (Å²) in [6, 6.07) is 3.50. The van der Waals surface area contributed by atoms with Gasteiger partial charge in [0.1, 0.15) is 0 Å². The van der Waals surface area contributed by atoms with Gasteiger partial charge in [-0.25, -0.2) is 0 Å². The van der Waals surface area contributed by atoms with Crippen LogP contribution in [-0.4, -0.2) is 48.2 Å². The molecule has 1 atom stereocenters. The summed E-state index contributed by atoms with van der Waals surface area (Å²) in [7, 11) is 1.26. The van der Waals surface area contributed by atoms with Crippen LogP contribution in [0.15, 0.2) is 18.2 Å². The van der Waals surface area contributed by atoms with E-state index >= 15 is 0 Å². The molecule has 0 bridgehead atoms. The van der Waals surface area contributed by atoms with Crippen LogP contribution in [0.25, 0.3) is 0 Å². The van der Waals surface area contributed by atoms with Gasteiger partial charge in [0.15, 0.2) is 17.3 Å². The fraction of sp³-hybridized carbons (Fsp3) is 0.385. The second-order valence-corrected chi connectivity index (χ2v) is 4.28. The Labute approximate surface area is 116 Å². The molecule has 1 aromatic rings. The molecule has 1 rings (SSSR count). The smallest absolute Gasteiger partial charge is 0.319 e. The molecule has 0 aromatic heterocycles. The number of ketones is 1. The van der Waals surface area contributed by atoms with Gasteiger partial charge in [-0.3, -0.25) is 9.59 Å². The Morgan fingerprint density at radius 3 is 2.60 bits per heavy atom. The third kappa shape index (κ3) is 4.87. The lowest BCUT2D eigenvalue weighted by Gasteiger charge is -2.11. The minimum Gasteiger partial charge on any atom is -0.504 e. The van der Waals surface area contributed by atoms with E-state index in [4.69, 9.17) is 5.73 Å². The van der Waals surface area contributed by atoms with Gasteiger partial charge in [-0.15, -0.1) is 0 Å². The van der Waals surface area contributed by atoms with Crippen LogP contribution in [0.5, 0.6) is 11.5 Å². The minimum atomic E-state index is -0.760. The number of aromatic hydroxyl groups is 2. The Hall–Kier alpha value is -2.12. The van der Waals surface area contributed by atoms with Crippen LogP contribution in [0.3, 0.4) is 0 Å². The van der Waals surface area contributed by atoms with Crippen molar-refractivity contribution in [3.63, 3.8) is 0 Å². The van der Waals surface area contributed by atoms with Crippen molar-refractivity contribution in [3.05, 3.63) is 23.8 Å². The minimum absolute atomic E-state index is 0.0413. The predicted molar refractivity (Wildman–Crippen MR) is 71.3 cm³/mol. The average Bonchev–Trinajstić information content (AvgIpc) is 2.42. The van der Waals surface area contributed by atoms with E-state index in [1.54, 1.807) is 6.07 Å². The molecule has 5 N–H and O–H groups in total. The maximum absolute atomic E-state index is 11.7. The number of carbonyl (C=O) groups is 2. The highest BCUT2D eigenvalue weighted by atomic mass is 16.5. The summed E-state index contributed by atoms with van der Waals surface area (Å²) in [5.41, 5.74) is 6.37. The normalized spacial score (nSPS) is 11.9. The topological polar surface area (TPSA) is 122 Å². The van der Waals surface area contributed by atoms with Crippen molar-refractivity contribution in [2.75, 3.05) is 20.2 Å². The van der Waals surface area contributed by atoms with E-state index in [1.807, 2.05) is 0 Å². The summed E-state index contributed by atoms with van der Waals surface area (Å²) in [6.07, 6.45) is 0.229. The zero-order valence-corrected chi connectivity index (χ0v) is 11.1. The number of ether oxygens (including phenoxy) is 1. The van der Waals surface area contributed by atoms with E-state index in [1.165, 1.54) is 19.2 Å². The number of hydrogen-bond donors (Lipinski definition) is 4. The Morgan fingerprint density at radius 1 is 1.30 bits per heavy atom. The Kier molecular flexibility index (Phi) is 5.95. The number of carbonyl (C=O) groups excluding carboxylic acids is 2. The first-order valence-electron chi connectivity index (χ1n) is 6.00. The molecule has 110 valence electrons. The molecule has 0 saturated heterocycles. The maximum Gasteiger partial charge on any atom is 0.319 e. The van der Waals surface area contributed by atoms with Crippen molar-refractivity contribution in [2.45, 2.75) is 12.5 Å². The van der Waals surface area contributed by atoms with E-state index < -0.39 is 12.0 Å². The predicted octanol–water partition coefficient (Wildman–Crippen LogP) is -0.701. The monoisotopic (exact) mass is 282 g/mol. The molecular weight excluding hydrogens is 264 g/mol. The number of methoxy groups -OCH3 is 1. The fourth-order valence-electron chi connectivity index (χ4n) is 1.55. The van der Waals surface area contributed by atoms with Gasteiger partial charge in [0.2, 0.25) is 0 Å². The lowest BCUT2D eigenvalue weighted by atomic mass is 10.0. The third-order valence-electron chi connectivity index (χ3n) is 2.71. The number of benzene rings is 1. The summed E-state index contributed by atoms with van der Waals surface area (Å²) in [6.45, 7) is -0.102. The highest BCUT2D eigenvalue weighted by Crippen LogP contribution is 2.25. The lowest BCUT2D eigenvalue weighted by Crippen LogP contribution is -2.40. The van der Waals surface area contributed by atoms with Crippen molar-refractivity contribution >= 4 is 11.8 Å². The molecule has 0 saturated carbocycles. The first-order valence-corrected chi connectivity index (χ1v) is 6.00. The second-order valence-electron chi connectivity index (χ2n) is 4.28. The van der Waals surface area contributed by atoms with Gasteiger partial charge in [-0.1, -0.05) is 6.07 Å². The summed E-state index contributed by atoms with van der Waals surface area (Å²) in [5.74, 6) is -1.21. The Balaban J connectivity index is 2.45. The fourth-order valence-corrected chi connectivity index (χ4v) is 1.55. The summed E-state index contributed by atoms with van der Waals surface area (Å²) in [5, 5.41) is 21.1. The van der Waals surface area contributed by atoms with Gasteiger partial charge in [-0.05, 0) is 24.1 Å². The van der Waals surface area contributed by atoms with Crippen molar-refractivity contribution in [1.29, 1.82) is 0 Å². The number of hydrogen-bond acceptors (Lipinski definition) is 7. The van der Waals surface area contributed by atoms with E-state index in [2.05, 4.69) is 10.1 Å². The van der Waals surface area contributed by atoms with Crippen LogP contribution in [0.1, 0.15) is 5.56 Å². The van der Waals surface area contributed by atoms with Crippen molar-refractivity contribution in [2.24, 2.45) is 5.73 Å². The quantitative estimate of drug-likeness (QED) is 0.385. The van der Waals surface area contributed by atoms with Crippen molar-refractivity contribution in [1.82, 2.24) is 5.32 Å². The standard InChI is InChI=1S/C13H18N2O5/c1-20-13(19)7-15-6-12(18)9(14)4-8-2-3-10(16)11(17)5-8/h2-3,5,9,15-17H,4,6-7,14H2,1H3/t9-/m0/s1. The number of phenols is 2. The number of nitrogens with two attached hydrogens (primary N) is 1. The van der Waals surface area contributed by atoms with Crippen LogP contribution in [0.2, 0.25) is 0 Å². The summed E-state index contributed by atoms with van der Waals surface area (Å²) < 4.78 is 4.42. The molecule has 7 heteroatoms. The van der Waals surface area contributed by atoms with Gasteiger partial charge < -0.3 is 26.0 Å². The first-order chi connectivity index (χ1) is 9.43. The number of nitrogens with one attached hydrogen (secondary N) is 1. The number of esters is 1. The third-order valence-corrected chi connectivity index (χ3v) is 2.71. The van der Waals surface area contributed by atoms with Crippen molar-refractivity contribution in [3.8, 4) is 11.5 Å². The van der Waals surface area contributed by atoms with Crippen LogP contribution in [-0.2, 0) is 20.7 Å². The molecule has 0 heterocycles. The molecule has 0 fully saturated rings. The SMILES string of the molecule is COC(=O)CNCC(=O)[C@@H](N)Cc1ccc(O)c(O)c1. The van der Waals surface area contributed by atoms with E-state index in [-0.39, 0.29) is 36.8 Å². The Bertz CT molecular complexity index is 490. The molecule has 0 unspecified atom stereocenters. The average molecular weight is 282 g/mol. The van der Waals surface area contributed by atoms with Gasteiger partial charge in [0.25, 0.3) is 0 Å². The number of Topliss-reactive ketones (excluding diaryl/α,β-unsaturated/α-hetero) is 1. The van der Waals surface area contributed by atoms with Gasteiger partial charge in [0, 0.05) is 0 Å². The molecule has 0 spiro atoms. The van der Waals surface area contributed by atoms with Gasteiger partial charge >= 0.3 is 5.97 Å². The van der Waals surface area contributed by atoms with Crippen LogP contribution in [0, 0.1) is 0 Å². The van der Waals surface area contributed by atoms with Crippen molar-refractivity contribution < 1.29 is 24.5 Å². The molecule has 0 aliphatic heterocycles. The van der Waals surface area contributed by atoms with Gasteiger partial charge in [0.05, 0.1) is 26.2 Å². The summed E-state index contributed by atoms with van der Waals surface area (Å²) in [4.78, 5) is 22.6. The zero-order chi connectivity index (χ0) is 15.1. The van der Waals surface area contributed by atoms with Crippen LogP contribution >= 0.6 is 0 Å².